The van der Waals surface area contributed by atoms with Crippen LogP contribution in [0.25, 0.3) is 0 Å². The summed E-state index contributed by atoms with van der Waals surface area (Å²) in [7, 11) is 0. The number of halogens is 3. The fraction of sp³-hybridized carbons (Fsp3) is 0.455. The molecule has 1 unspecified atom stereocenters. The normalized spacial score (nSPS) is 12.8. The quantitative estimate of drug-likeness (QED) is 0.787. The molecule has 0 aliphatic rings. The summed E-state index contributed by atoms with van der Waals surface area (Å²) in [5, 5.41) is 3.74. The molecule has 0 aliphatic carbocycles. The van der Waals surface area contributed by atoms with E-state index in [2.05, 4.69) is 5.32 Å². The zero-order valence-corrected chi connectivity index (χ0v) is 10.1. The van der Waals surface area contributed by atoms with Crippen LogP contribution in [-0.4, -0.2) is 11.9 Å². The zero-order chi connectivity index (χ0) is 11.3. The van der Waals surface area contributed by atoms with Crippen molar-refractivity contribution in [1.29, 1.82) is 0 Å². The van der Waals surface area contributed by atoms with Crippen LogP contribution in [0, 0.1) is 5.82 Å². The van der Waals surface area contributed by atoms with Crippen molar-refractivity contribution in [2.45, 2.75) is 25.9 Å². The molecule has 0 aliphatic heterocycles. The van der Waals surface area contributed by atoms with Crippen molar-refractivity contribution in [2.24, 2.45) is 0 Å². The van der Waals surface area contributed by atoms with Crippen molar-refractivity contribution in [2.75, 3.05) is 5.88 Å². The summed E-state index contributed by atoms with van der Waals surface area (Å²) in [5.74, 6) is 0.372. The van der Waals surface area contributed by atoms with Gasteiger partial charge in [0.15, 0.2) is 0 Å². The fourth-order valence-electron chi connectivity index (χ4n) is 1.23. The van der Waals surface area contributed by atoms with Crippen LogP contribution in [-0.2, 0) is 6.54 Å². The molecule has 0 saturated carbocycles. The Labute approximate surface area is 99.6 Å². The van der Waals surface area contributed by atoms with E-state index in [1.165, 1.54) is 6.07 Å². The zero-order valence-electron chi connectivity index (χ0n) is 8.56. The molecule has 0 fully saturated rings. The Bertz CT molecular complexity index is 317. The lowest BCUT2D eigenvalue weighted by Gasteiger charge is -2.12. The molecule has 0 amide bonds. The van der Waals surface area contributed by atoms with Crippen molar-refractivity contribution < 1.29 is 4.39 Å². The lowest BCUT2D eigenvalue weighted by Crippen LogP contribution is -2.26. The third-order valence-corrected chi connectivity index (χ3v) is 2.64. The molecule has 1 N–H and O–H groups in total. The minimum Gasteiger partial charge on any atom is -0.310 e. The molecule has 4 heteroatoms. The van der Waals surface area contributed by atoms with E-state index < -0.39 is 0 Å². The Kier molecular flexibility index (Phi) is 5.37. The van der Waals surface area contributed by atoms with E-state index in [4.69, 9.17) is 23.2 Å². The van der Waals surface area contributed by atoms with Crippen molar-refractivity contribution in [3.05, 3.63) is 34.6 Å². The molecule has 1 atom stereocenters. The van der Waals surface area contributed by atoms with Crippen LogP contribution in [0.3, 0.4) is 0 Å². The Morgan fingerprint density at radius 1 is 1.47 bits per heavy atom. The Morgan fingerprint density at radius 3 is 2.87 bits per heavy atom. The van der Waals surface area contributed by atoms with Crippen molar-refractivity contribution in [1.82, 2.24) is 5.32 Å². The number of hydrogen-bond donors (Lipinski definition) is 1. The smallest absolute Gasteiger partial charge is 0.127 e. The van der Waals surface area contributed by atoms with E-state index >= 15 is 0 Å². The van der Waals surface area contributed by atoms with Crippen molar-refractivity contribution in [3.63, 3.8) is 0 Å². The second-order valence-electron chi connectivity index (χ2n) is 3.50. The molecule has 1 nitrogen and oxygen atoms in total. The highest BCUT2D eigenvalue weighted by Crippen LogP contribution is 2.14. The van der Waals surface area contributed by atoms with Gasteiger partial charge >= 0.3 is 0 Å². The molecular formula is C11H14Cl2FN. The van der Waals surface area contributed by atoms with Gasteiger partial charge in [-0.25, -0.2) is 4.39 Å². The van der Waals surface area contributed by atoms with Gasteiger partial charge in [0.25, 0.3) is 0 Å². The maximum Gasteiger partial charge on any atom is 0.127 e. The second-order valence-corrected chi connectivity index (χ2v) is 4.31. The molecule has 0 radical (unpaired) electrons. The SMILES string of the molecule is CC(CCCl)NCc1cc(Cl)ccc1F. The topological polar surface area (TPSA) is 12.0 Å². The summed E-state index contributed by atoms with van der Waals surface area (Å²) < 4.78 is 13.3. The van der Waals surface area contributed by atoms with Gasteiger partial charge in [0.1, 0.15) is 5.82 Å². The summed E-state index contributed by atoms with van der Waals surface area (Å²) in [6.07, 6.45) is 0.865. The third kappa shape index (κ3) is 4.37. The molecule has 0 aromatic heterocycles. The largest absolute Gasteiger partial charge is 0.310 e. The van der Waals surface area contributed by atoms with Gasteiger partial charge < -0.3 is 5.32 Å². The highest BCUT2D eigenvalue weighted by atomic mass is 35.5. The molecule has 0 heterocycles. The van der Waals surface area contributed by atoms with Crippen LogP contribution >= 0.6 is 23.2 Å². The predicted octanol–water partition coefficient (Wildman–Crippen LogP) is 3.59. The number of nitrogens with one attached hydrogen (secondary N) is 1. The molecule has 0 spiro atoms. The molecule has 0 saturated heterocycles. The molecule has 0 bridgehead atoms. The van der Waals surface area contributed by atoms with E-state index in [1.54, 1.807) is 12.1 Å². The Balaban J connectivity index is 2.53. The van der Waals surface area contributed by atoms with E-state index in [9.17, 15) is 4.39 Å². The van der Waals surface area contributed by atoms with Crippen LogP contribution in [0.2, 0.25) is 5.02 Å². The van der Waals surface area contributed by atoms with E-state index in [-0.39, 0.29) is 11.9 Å². The highest BCUT2D eigenvalue weighted by Gasteiger charge is 2.05. The molecular weight excluding hydrogens is 236 g/mol. The van der Waals surface area contributed by atoms with Gasteiger partial charge in [-0.3, -0.25) is 0 Å². The van der Waals surface area contributed by atoms with Gasteiger partial charge in [-0.2, -0.15) is 0 Å². The fourth-order valence-corrected chi connectivity index (χ4v) is 1.75. The molecule has 15 heavy (non-hydrogen) atoms. The first-order valence-corrected chi connectivity index (χ1v) is 5.78. The predicted molar refractivity (Wildman–Crippen MR) is 63.0 cm³/mol. The second kappa shape index (κ2) is 6.31. The molecule has 1 rings (SSSR count). The van der Waals surface area contributed by atoms with Gasteiger partial charge in [0.2, 0.25) is 0 Å². The van der Waals surface area contributed by atoms with Crippen LogP contribution in [0.4, 0.5) is 4.39 Å². The summed E-state index contributed by atoms with van der Waals surface area (Å²) in [6, 6.07) is 4.84. The van der Waals surface area contributed by atoms with Crippen molar-refractivity contribution in [3.8, 4) is 0 Å². The standard InChI is InChI=1S/C11H14Cl2FN/c1-8(4-5-12)15-7-9-6-10(13)2-3-11(9)14/h2-3,6,8,15H,4-5,7H2,1H3. The molecule has 1 aromatic carbocycles. The minimum absolute atomic E-state index is 0.232. The Morgan fingerprint density at radius 2 is 2.20 bits per heavy atom. The minimum atomic E-state index is -0.232. The number of alkyl halides is 1. The Hall–Kier alpha value is -0.310. The van der Waals surface area contributed by atoms with Gasteiger partial charge in [-0.1, -0.05) is 11.6 Å². The monoisotopic (exact) mass is 249 g/mol. The average Bonchev–Trinajstić information content (AvgIpc) is 2.20. The summed E-state index contributed by atoms with van der Waals surface area (Å²) in [4.78, 5) is 0. The maximum atomic E-state index is 13.3. The average molecular weight is 250 g/mol. The maximum absolute atomic E-state index is 13.3. The lowest BCUT2D eigenvalue weighted by atomic mass is 10.2. The van der Waals surface area contributed by atoms with Crippen molar-refractivity contribution >= 4 is 23.2 Å². The van der Waals surface area contributed by atoms with Gasteiger partial charge in [-0.05, 0) is 31.5 Å². The number of rotatable bonds is 5. The van der Waals surface area contributed by atoms with E-state index in [0.29, 0.717) is 23.0 Å². The van der Waals surface area contributed by atoms with E-state index in [1.807, 2.05) is 6.92 Å². The summed E-state index contributed by atoms with van der Waals surface area (Å²) in [5.41, 5.74) is 0.587. The van der Waals surface area contributed by atoms with Crippen LogP contribution in [0.5, 0.6) is 0 Å². The summed E-state index contributed by atoms with van der Waals surface area (Å²) in [6.45, 7) is 2.50. The first kappa shape index (κ1) is 12.8. The van der Waals surface area contributed by atoms with Gasteiger partial charge in [-0.15, -0.1) is 11.6 Å². The molecule has 84 valence electrons. The van der Waals surface area contributed by atoms with Crippen LogP contribution in [0.15, 0.2) is 18.2 Å². The van der Waals surface area contributed by atoms with Crippen LogP contribution in [0.1, 0.15) is 18.9 Å². The van der Waals surface area contributed by atoms with Gasteiger partial charge in [0, 0.05) is 29.1 Å². The third-order valence-electron chi connectivity index (χ3n) is 2.19. The highest BCUT2D eigenvalue weighted by molar-refractivity contribution is 6.30. The van der Waals surface area contributed by atoms with Gasteiger partial charge in [0.05, 0.1) is 0 Å². The first-order chi connectivity index (χ1) is 7.13. The lowest BCUT2D eigenvalue weighted by molar-refractivity contribution is 0.518. The number of benzene rings is 1. The number of hydrogen-bond acceptors (Lipinski definition) is 1. The van der Waals surface area contributed by atoms with Crippen LogP contribution < -0.4 is 5.32 Å². The van der Waals surface area contributed by atoms with E-state index in [0.717, 1.165) is 6.42 Å². The first-order valence-electron chi connectivity index (χ1n) is 4.86. The summed E-state index contributed by atoms with van der Waals surface area (Å²) >= 11 is 11.4. The molecule has 1 aromatic rings.